The van der Waals surface area contributed by atoms with Crippen LogP contribution in [-0.2, 0) is 51.5 Å². The fourth-order valence-electron chi connectivity index (χ4n) is 7.28. The minimum absolute atomic E-state index is 0.156. The summed E-state index contributed by atoms with van der Waals surface area (Å²) in [5.74, 6) is -0.156. The molecular formula is C43H54O6Sn. The van der Waals surface area contributed by atoms with Gasteiger partial charge in [-0.05, 0) is 0 Å². The van der Waals surface area contributed by atoms with Gasteiger partial charge in [-0.15, -0.1) is 0 Å². The van der Waals surface area contributed by atoms with E-state index in [0.717, 1.165) is 56.8 Å². The van der Waals surface area contributed by atoms with Crippen molar-refractivity contribution in [3.8, 4) is 0 Å². The average molecular weight is 786 g/mol. The van der Waals surface area contributed by atoms with Crippen LogP contribution in [0.25, 0.3) is 0 Å². The Labute approximate surface area is 304 Å². The molecule has 6 rings (SSSR count). The standard InChI is InChI=1S/C35H36O6.2C4H9.Sn/c36-31-32(37)35(41-24-29-19-11-4-12-20-29)34(40-23-28-17-9-3-10-18-28)30(25-38-21-26-13-5-1-6-14-26)33(31)39-22-27-15-7-2-8-16-27;2*1-3-4-2;/h1-20,30-35H,21-25H2;2*1,3-4H2,2H3;/q-2;;;+2/t30-,31+,32-,33-,34+,35+;;;/m0.../s1. The Morgan fingerprint density at radius 1 is 0.480 bits per heavy atom. The summed E-state index contributed by atoms with van der Waals surface area (Å²) in [5.41, 5.74) is 4.50. The Kier molecular flexibility index (Phi) is 14.4. The minimum atomic E-state index is -3.56. The normalized spacial score (nSPS) is 24.2. The molecule has 0 N–H and O–H groups in total. The summed E-state index contributed by atoms with van der Waals surface area (Å²) in [7, 11) is 0. The molecule has 4 aromatic carbocycles. The van der Waals surface area contributed by atoms with Crippen molar-refractivity contribution in [3.63, 3.8) is 0 Å². The van der Waals surface area contributed by atoms with Gasteiger partial charge >= 0.3 is 306 Å². The number of unbranched alkanes of at least 4 members (excludes halogenated alkanes) is 2. The molecule has 7 heteroatoms. The van der Waals surface area contributed by atoms with Crippen LogP contribution in [0, 0.1) is 5.92 Å². The zero-order valence-electron chi connectivity index (χ0n) is 29.7. The summed E-state index contributed by atoms with van der Waals surface area (Å²) < 4.78 is 44.5. The maximum absolute atomic E-state index is 7.42. The van der Waals surface area contributed by atoms with Crippen molar-refractivity contribution >= 4 is 19.2 Å². The summed E-state index contributed by atoms with van der Waals surface area (Å²) in [5, 5.41) is 0. The second kappa shape index (κ2) is 19.3. The van der Waals surface area contributed by atoms with Crippen LogP contribution in [0.4, 0.5) is 0 Å². The van der Waals surface area contributed by atoms with Crippen LogP contribution in [0.1, 0.15) is 61.8 Å². The molecule has 1 heterocycles. The third-order valence-corrected chi connectivity index (χ3v) is 20.3. The second-order valence-electron chi connectivity index (χ2n) is 13.7. The number of hydrogen-bond acceptors (Lipinski definition) is 6. The summed E-state index contributed by atoms with van der Waals surface area (Å²) >= 11 is -3.56. The zero-order chi connectivity index (χ0) is 34.4. The van der Waals surface area contributed by atoms with E-state index in [9.17, 15) is 0 Å². The van der Waals surface area contributed by atoms with Gasteiger partial charge in [-0.2, -0.15) is 0 Å². The Hall–Kier alpha value is -2.56. The van der Waals surface area contributed by atoms with Crippen molar-refractivity contribution in [1.82, 2.24) is 0 Å². The quantitative estimate of drug-likeness (QED) is 0.0884. The molecule has 1 aliphatic heterocycles. The van der Waals surface area contributed by atoms with Crippen molar-refractivity contribution < 1.29 is 25.1 Å². The molecule has 0 aromatic heterocycles. The van der Waals surface area contributed by atoms with E-state index in [4.69, 9.17) is 25.1 Å². The summed E-state index contributed by atoms with van der Waals surface area (Å²) in [6.45, 7) is 6.85. The molecule has 0 spiro atoms. The van der Waals surface area contributed by atoms with Crippen LogP contribution in [-0.4, -0.2) is 56.3 Å². The van der Waals surface area contributed by atoms with Crippen LogP contribution >= 0.6 is 0 Å². The van der Waals surface area contributed by atoms with E-state index in [1.807, 2.05) is 24.3 Å². The van der Waals surface area contributed by atoms with Gasteiger partial charge in [-0.3, -0.25) is 0 Å². The monoisotopic (exact) mass is 786 g/mol. The molecule has 1 saturated carbocycles. The van der Waals surface area contributed by atoms with Gasteiger partial charge in [0.1, 0.15) is 0 Å². The predicted molar refractivity (Wildman–Crippen MR) is 200 cm³/mol. The van der Waals surface area contributed by atoms with Crippen molar-refractivity contribution in [2.75, 3.05) is 6.61 Å². The molecule has 2 fully saturated rings. The second-order valence-corrected chi connectivity index (χ2v) is 23.1. The van der Waals surface area contributed by atoms with E-state index in [1.165, 1.54) is 0 Å². The van der Waals surface area contributed by atoms with Gasteiger partial charge < -0.3 is 0 Å². The molecule has 1 saturated heterocycles. The number of fused-ring (bicyclic) bond motifs is 1. The molecule has 2 aliphatic rings. The fourth-order valence-corrected chi connectivity index (χ4v) is 19.0. The average Bonchev–Trinajstić information content (AvgIpc) is 3.55. The van der Waals surface area contributed by atoms with Gasteiger partial charge in [0.05, 0.1) is 0 Å². The molecule has 6 atom stereocenters. The third-order valence-electron chi connectivity index (χ3n) is 9.94. The van der Waals surface area contributed by atoms with E-state index in [2.05, 4.69) is 111 Å². The molecule has 0 amide bonds. The van der Waals surface area contributed by atoms with Crippen molar-refractivity contribution in [2.24, 2.45) is 5.92 Å². The van der Waals surface area contributed by atoms with E-state index < -0.39 is 19.2 Å². The van der Waals surface area contributed by atoms with Crippen LogP contribution in [0.15, 0.2) is 121 Å². The van der Waals surface area contributed by atoms with Gasteiger partial charge in [-0.25, -0.2) is 0 Å². The fraction of sp³-hybridized carbons (Fsp3) is 0.442. The van der Waals surface area contributed by atoms with Gasteiger partial charge in [0.2, 0.25) is 0 Å². The number of benzene rings is 4. The number of ether oxygens (including phenoxy) is 4. The maximum atomic E-state index is 7.42. The Morgan fingerprint density at radius 2 is 0.860 bits per heavy atom. The Bertz CT molecular complexity index is 1500. The molecule has 0 bridgehead atoms. The van der Waals surface area contributed by atoms with Gasteiger partial charge in [-0.1, -0.05) is 0 Å². The van der Waals surface area contributed by atoms with Gasteiger partial charge in [0.25, 0.3) is 0 Å². The number of rotatable bonds is 19. The third kappa shape index (κ3) is 10.1. The van der Waals surface area contributed by atoms with Crippen molar-refractivity contribution in [2.45, 2.75) is 105 Å². The van der Waals surface area contributed by atoms with Gasteiger partial charge in [0.15, 0.2) is 0 Å². The SMILES string of the molecule is CCC[CH2][Sn]1([CH2]CCC)[O][C@@H]2[C@@H](OCc3ccccc3)[C@H](OCc3ccccc3)[C@@H](COCc3ccccc3)[C@H](OCc3ccccc3)[C@@H]2[O]1. The Morgan fingerprint density at radius 3 is 1.30 bits per heavy atom. The first-order valence-corrected chi connectivity index (χ1v) is 25.0. The molecule has 4 aromatic rings. The molecule has 0 radical (unpaired) electrons. The summed E-state index contributed by atoms with van der Waals surface area (Å²) in [6.07, 6.45) is 2.92. The molecule has 6 nitrogen and oxygen atoms in total. The first kappa shape index (κ1) is 37.2. The molecule has 0 unspecified atom stereocenters. The van der Waals surface area contributed by atoms with Crippen molar-refractivity contribution in [3.05, 3.63) is 144 Å². The summed E-state index contributed by atoms with van der Waals surface area (Å²) in [4.78, 5) is 0. The first-order chi connectivity index (χ1) is 24.7. The van der Waals surface area contributed by atoms with E-state index in [1.54, 1.807) is 0 Å². The van der Waals surface area contributed by atoms with E-state index in [-0.39, 0.29) is 36.4 Å². The van der Waals surface area contributed by atoms with Crippen molar-refractivity contribution in [1.29, 1.82) is 0 Å². The molecule has 50 heavy (non-hydrogen) atoms. The molecule has 1 aliphatic carbocycles. The van der Waals surface area contributed by atoms with Crippen LogP contribution in [0.2, 0.25) is 8.87 Å². The zero-order valence-corrected chi connectivity index (χ0v) is 32.6. The van der Waals surface area contributed by atoms with Crippen LogP contribution < -0.4 is 0 Å². The van der Waals surface area contributed by atoms with Gasteiger partial charge in [0, 0.05) is 0 Å². The molecular weight excluding hydrogens is 731 g/mol. The topological polar surface area (TPSA) is 55.4 Å². The van der Waals surface area contributed by atoms with E-state index >= 15 is 0 Å². The predicted octanol–water partition coefficient (Wildman–Crippen LogP) is 9.42. The van der Waals surface area contributed by atoms with Crippen LogP contribution in [0.5, 0.6) is 0 Å². The first-order valence-electron chi connectivity index (χ1n) is 18.6. The number of hydrogen-bond donors (Lipinski definition) is 0. The summed E-state index contributed by atoms with van der Waals surface area (Å²) in [6, 6.07) is 41.5. The Balaban J connectivity index is 1.37. The van der Waals surface area contributed by atoms with E-state index in [0.29, 0.717) is 33.0 Å². The van der Waals surface area contributed by atoms with Crippen LogP contribution in [0.3, 0.4) is 0 Å². The molecule has 266 valence electrons.